The van der Waals surface area contributed by atoms with E-state index in [0.717, 1.165) is 11.5 Å². The first-order valence-corrected chi connectivity index (χ1v) is 8.79. The molecule has 0 atom stereocenters. The summed E-state index contributed by atoms with van der Waals surface area (Å²) in [6, 6.07) is 17.0. The normalized spacial score (nSPS) is 10.6. The molecule has 0 unspecified atom stereocenters. The van der Waals surface area contributed by atoms with E-state index in [2.05, 4.69) is 16.9 Å². The van der Waals surface area contributed by atoms with E-state index >= 15 is 0 Å². The molecule has 27 heavy (non-hydrogen) atoms. The van der Waals surface area contributed by atoms with Crippen LogP contribution in [0.5, 0.6) is 0 Å². The van der Waals surface area contributed by atoms with Gasteiger partial charge in [0.15, 0.2) is 0 Å². The standard InChI is InChI=1S/C22H18N4O/c1-3-20-23-19-11-7-8-16(12-13-17-14-15-25(2)24-17)21(19)22(27)26(20)18-9-5-4-6-10-18/h4-11,14-15H,3H2,1-2H3. The Bertz CT molecular complexity index is 1240. The molecule has 5 heteroatoms. The lowest BCUT2D eigenvalue weighted by Gasteiger charge is -2.13. The molecular formula is C22H18N4O. The average molecular weight is 354 g/mol. The van der Waals surface area contributed by atoms with E-state index in [9.17, 15) is 4.79 Å². The maximum atomic E-state index is 13.4. The van der Waals surface area contributed by atoms with Gasteiger partial charge in [-0.15, -0.1) is 0 Å². The minimum atomic E-state index is -0.103. The van der Waals surface area contributed by atoms with Crippen LogP contribution in [0, 0.1) is 11.8 Å². The van der Waals surface area contributed by atoms with Gasteiger partial charge in [-0.3, -0.25) is 14.0 Å². The number of hydrogen-bond donors (Lipinski definition) is 0. The van der Waals surface area contributed by atoms with Crippen molar-refractivity contribution in [2.75, 3.05) is 0 Å². The van der Waals surface area contributed by atoms with E-state index < -0.39 is 0 Å². The van der Waals surface area contributed by atoms with Crippen molar-refractivity contribution in [3.05, 3.63) is 88.2 Å². The Labute approximate surface area is 156 Å². The smallest absolute Gasteiger partial charge is 0.267 e. The first kappa shape index (κ1) is 16.8. The van der Waals surface area contributed by atoms with Gasteiger partial charge in [-0.2, -0.15) is 5.10 Å². The van der Waals surface area contributed by atoms with Gasteiger partial charge >= 0.3 is 0 Å². The summed E-state index contributed by atoms with van der Waals surface area (Å²) in [6.45, 7) is 2.00. The highest BCUT2D eigenvalue weighted by Gasteiger charge is 2.13. The Hall–Kier alpha value is -3.65. The number of nitrogens with zero attached hydrogens (tertiary/aromatic N) is 4. The molecule has 0 aliphatic carbocycles. The van der Waals surface area contributed by atoms with Gasteiger partial charge in [-0.05, 0) is 36.3 Å². The van der Waals surface area contributed by atoms with Crippen LogP contribution in [0.1, 0.15) is 24.0 Å². The molecule has 132 valence electrons. The van der Waals surface area contributed by atoms with Crippen molar-refractivity contribution in [3.8, 4) is 17.5 Å². The monoisotopic (exact) mass is 354 g/mol. The minimum Gasteiger partial charge on any atom is -0.275 e. The zero-order valence-electron chi connectivity index (χ0n) is 15.2. The first-order valence-electron chi connectivity index (χ1n) is 8.79. The SMILES string of the molecule is CCc1nc2cccc(C#Cc3ccn(C)n3)c2c(=O)n1-c1ccccc1. The maximum Gasteiger partial charge on any atom is 0.267 e. The topological polar surface area (TPSA) is 52.7 Å². The molecule has 0 amide bonds. The van der Waals surface area contributed by atoms with Crippen molar-refractivity contribution >= 4 is 10.9 Å². The Morgan fingerprint density at radius 2 is 1.81 bits per heavy atom. The Morgan fingerprint density at radius 1 is 1.00 bits per heavy atom. The fourth-order valence-electron chi connectivity index (χ4n) is 3.07. The van der Waals surface area contributed by atoms with E-state index in [-0.39, 0.29) is 5.56 Å². The van der Waals surface area contributed by atoms with Crippen LogP contribution >= 0.6 is 0 Å². The van der Waals surface area contributed by atoms with Crippen molar-refractivity contribution < 1.29 is 0 Å². The number of fused-ring (bicyclic) bond motifs is 1. The number of hydrogen-bond acceptors (Lipinski definition) is 3. The van der Waals surface area contributed by atoms with Crippen LogP contribution in [0.25, 0.3) is 16.6 Å². The Morgan fingerprint density at radius 3 is 2.52 bits per heavy atom. The van der Waals surface area contributed by atoms with E-state index in [1.165, 1.54) is 0 Å². The molecule has 0 spiro atoms. The lowest BCUT2D eigenvalue weighted by molar-refractivity contribution is 0.764. The fourth-order valence-corrected chi connectivity index (χ4v) is 3.07. The third-order valence-corrected chi connectivity index (χ3v) is 4.34. The van der Waals surface area contributed by atoms with Crippen molar-refractivity contribution in [2.24, 2.45) is 7.05 Å². The highest BCUT2D eigenvalue weighted by Crippen LogP contribution is 2.16. The van der Waals surface area contributed by atoms with Crippen molar-refractivity contribution in [1.82, 2.24) is 19.3 Å². The maximum absolute atomic E-state index is 13.4. The molecule has 0 bridgehead atoms. The molecule has 0 fully saturated rings. The van der Waals surface area contributed by atoms with Gasteiger partial charge in [-0.25, -0.2) is 4.98 Å². The quantitative estimate of drug-likeness (QED) is 0.520. The van der Waals surface area contributed by atoms with E-state index in [1.807, 2.05) is 74.8 Å². The van der Waals surface area contributed by atoms with E-state index in [4.69, 9.17) is 4.98 Å². The van der Waals surface area contributed by atoms with Crippen LogP contribution < -0.4 is 5.56 Å². The third kappa shape index (κ3) is 3.13. The summed E-state index contributed by atoms with van der Waals surface area (Å²) >= 11 is 0. The third-order valence-electron chi connectivity index (χ3n) is 4.34. The zero-order chi connectivity index (χ0) is 18.8. The largest absolute Gasteiger partial charge is 0.275 e. The molecule has 4 aromatic rings. The summed E-state index contributed by atoms with van der Waals surface area (Å²) in [5.41, 5.74) is 2.69. The molecule has 0 aliphatic heterocycles. The fraction of sp³-hybridized carbons (Fsp3) is 0.136. The summed E-state index contributed by atoms with van der Waals surface area (Å²) in [4.78, 5) is 18.1. The molecule has 0 radical (unpaired) electrons. The zero-order valence-corrected chi connectivity index (χ0v) is 15.2. The predicted molar refractivity (Wildman–Crippen MR) is 106 cm³/mol. The van der Waals surface area contributed by atoms with Gasteiger partial charge in [0, 0.05) is 25.2 Å². The van der Waals surface area contributed by atoms with Crippen LogP contribution in [-0.4, -0.2) is 19.3 Å². The summed E-state index contributed by atoms with van der Waals surface area (Å²) in [6.07, 6.45) is 2.49. The van der Waals surface area contributed by atoms with Crippen LogP contribution in [0.2, 0.25) is 0 Å². The summed E-state index contributed by atoms with van der Waals surface area (Å²) in [5, 5.41) is 4.79. The molecular weight excluding hydrogens is 336 g/mol. The van der Waals surface area contributed by atoms with Crippen LogP contribution in [-0.2, 0) is 13.5 Å². The highest BCUT2D eigenvalue weighted by molar-refractivity contribution is 5.84. The molecule has 0 aliphatic rings. The van der Waals surface area contributed by atoms with Gasteiger partial charge in [0.05, 0.1) is 16.6 Å². The molecule has 0 saturated carbocycles. The number of rotatable bonds is 2. The first-order chi connectivity index (χ1) is 13.2. The summed E-state index contributed by atoms with van der Waals surface area (Å²) in [5.74, 6) is 6.86. The second-order valence-corrected chi connectivity index (χ2v) is 6.18. The Kier molecular flexibility index (Phi) is 4.31. The molecule has 2 aromatic heterocycles. The predicted octanol–water partition coefficient (Wildman–Crippen LogP) is 3.08. The highest BCUT2D eigenvalue weighted by atomic mass is 16.1. The van der Waals surface area contributed by atoms with Crippen LogP contribution in [0.3, 0.4) is 0 Å². The molecule has 2 aromatic carbocycles. The molecule has 2 heterocycles. The number of para-hydroxylation sites is 1. The van der Waals surface area contributed by atoms with Crippen molar-refractivity contribution in [2.45, 2.75) is 13.3 Å². The Balaban J connectivity index is 1.98. The van der Waals surface area contributed by atoms with Gasteiger partial charge < -0.3 is 0 Å². The number of benzene rings is 2. The number of aryl methyl sites for hydroxylation is 2. The van der Waals surface area contributed by atoms with Gasteiger partial charge in [0.1, 0.15) is 11.5 Å². The lowest BCUT2D eigenvalue weighted by atomic mass is 10.1. The molecule has 4 rings (SSSR count). The lowest BCUT2D eigenvalue weighted by Crippen LogP contribution is -2.24. The summed E-state index contributed by atoms with van der Waals surface area (Å²) < 4.78 is 3.37. The minimum absolute atomic E-state index is 0.103. The second kappa shape index (κ2) is 6.93. The van der Waals surface area contributed by atoms with Gasteiger partial charge in [-0.1, -0.05) is 37.1 Å². The molecule has 5 nitrogen and oxygen atoms in total. The van der Waals surface area contributed by atoms with Crippen LogP contribution in [0.15, 0.2) is 65.6 Å². The molecule has 0 N–H and O–H groups in total. The van der Waals surface area contributed by atoms with Crippen molar-refractivity contribution in [1.29, 1.82) is 0 Å². The van der Waals surface area contributed by atoms with Crippen LogP contribution in [0.4, 0.5) is 0 Å². The van der Waals surface area contributed by atoms with Gasteiger partial charge in [0.25, 0.3) is 5.56 Å². The van der Waals surface area contributed by atoms with E-state index in [0.29, 0.717) is 28.6 Å². The second-order valence-electron chi connectivity index (χ2n) is 6.18. The average Bonchev–Trinajstić information content (AvgIpc) is 3.11. The van der Waals surface area contributed by atoms with Crippen molar-refractivity contribution in [3.63, 3.8) is 0 Å². The number of aromatic nitrogens is 4. The molecule has 0 saturated heterocycles. The van der Waals surface area contributed by atoms with E-state index in [1.54, 1.807) is 9.25 Å². The van der Waals surface area contributed by atoms with Gasteiger partial charge in [0.2, 0.25) is 0 Å². The summed E-state index contributed by atoms with van der Waals surface area (Å²) in [7, 11) is 1.85.